The van der Waals surface area contributed by atoms with Crippen LogP contribution in [0.4, 0.5) is 0 Å². The van der Waals surface area contributed by atoms with E-state index in [0.29, 0.717) is 23.5 Å². The van der Waals surface area contributed by atoms with E-state index in [1.165, 1.54) is 11.1 Å². The van der Waals surface area contributed by atoms with Gasteiger partial charge in [-0.2, -0.15) is 0 Å². The Hall–Kier alpha value is -1.55. The number of carbonyl (C=O) groups excluding carboxylic acids is 1. The van der Waals surface area contributed by atoms with E-state index in [2.05, 4.69) is 6.07 Å². The molecule has 6 atom stereocenters. The molecule has 4 nitrogen and oxygen atoms in total. The molecule has 122 valence electrons. The molecule has 1 heterocycles. The molecule has 2 N–H and O–H groups in total. The third kappa shape index (κ3) is 1.78. The van der Waals surface area contributed by atoms with Crippen molar-refractivity contribution in [2.24, 2.45) is 17.8 Å². The molecule has 6 unspecified atom stereocenters. The minimum atomic E-state index is -0.915. The number of aryl methyl sites for hydroxylation is 1. The molecule has 1 aromatic rings. The summed E-state index contributed by atoms with van der Waals surface area (Å²) in [5.74, 6) is 1.88. The van der Waals surface area contributed by atoms with E-state index in [1.807, 2.05) is 6.07 Å². The lowest BCUT2D eigenvalue weighted by Crippen LogP contribution is -2.44. The van der Waals surface area contributed by atoms with E-state index >= 15 is 0 Å². The summed E-state index contributed by atoms with van der Waals surface area (Å²) in [4.78, 5) is 11.6. The first-order chi connectivity index (χ1) is 11.1. The zero-order valence-corrected chi connectivity index (χ0v) is 13.1. The van der Waals surface area contributed by atoms with Crippen molar-refractivity contribution < 1.29 is 19.7 Å². The second-order valence-corrected chi connectivity index (χ2v) is 7.92. The summed E-state index contributed by atoms with van der Waals surface area (Å²) in [6.07, 6.45) is 4.85. The number of carbonyl (C=O) groups is 1. The number of hydrogen-bond donors (Lipinski definition) is 2. The van der Waals surface area contributed by atoms with Gasteiger partial charge < -0.3 is 14.9 Å². The quantitative estimate of drug-likeness (QED) is 0.722. The molecular weight excluding hydrogens is 292 g/mol. The monoisotopic (exact) mass is 314 g/mol. The summed E-state index contributed by atoms with van der Waals surface area (Å²) >= 11 is 0. The van der Waals surface area contributed by atoms with Gasteiger partial charge in [0.1, 0.15) is 17.5 Å². The number of phenolic OH excluding ortho intramolecular Hbond substituents is 1. The molecule has 1 aromatic carbocycles. The first-order valence-electron chi connectivity index (χ1n) is 8.80. The van der Waals surface area contributed by atoms with Crippen LogP contribution in [0.15, 0.2) is 18.2 Å². The van der Waals surface area contributed by atoms with Crippen LogP contribution in [0.25, 0.3) is 0 Å². The fourth-order valence-corrected chi connectivity index (χ4v) is 6.15. The van der Waals surface area contributed by atoms with Crippen molar-refractivity contribution in [3.8, 4) is 5.75 Å². The number of aromatic hydroxyl groups is 1. The van der Waals surface area contributed by atoms with E-state index in [4.69, 9.17) is 4.74 Å². The molecule has 0 amide bonds. The number of aliphatic hydroxyl groups is 1. The van der Waals surface area contributed by atoms with Crippen LogP contribution in [0.3, 0.4) is 0 Å². The lowest BCUT2D eigenvalue weighted by molar-refractivity contribution is -0.142. The van der Waals surface area contributed by atoms with Crippen molar-refractivity contribution in [1.29, 1.82) is 0 Å². The predicted molar refractivity (Wildman–Crippen MR) is 82.9 cm³/mol. The first kappa shape index (κ1) is 13.8. The lowest BCUT2D eigenvalue weighted by Gasteiger charge is -2.46. The normalized spacial score (nSPS) is 44.0. The molecule has 1 saturated heterocycles. The number of esters is 1. The van der Waals surface area contributed by atoms with Gasteiger partial charge >= 0.3 is 5.97 Å². The average Bonchev–Trinajstić information content (AvgIpc) is 2.95. The van der Waals surface area contributed by atoms with Gasteiger partial charge in [-0.05, 0) is 79.0 Å². The number of fused-ring (bicyclic) bond motifs is 7. The Kier molecular flexibility index (Phi) is 2.71. The summed E-state index contributed by atoms with van der Waals surface area (Å²) in [5.41, 5.74) is 1.76. The van der Waals surface area contributed by atoms with E-state index < -0.39 is 5.60 Å². The highest BCUT2D eigenvalue weighted by Gasteiger charge is 2.63. The molecule has 3 aliphatic carbocycles. The van der Waals surface area contributed by atoms with Crippen LogP contribution < -0.4 is 0 Å². The highest BCUT2D eigenvalue weighted by molar-refractivity contribution is 5.74. The van der Waals surface area contributed by atoms with Crippen molar-refractivity contribution in [2.75, 3.05) is 0 Å². The third-order valence-corrected chi connectivity index (χ3v) is 7.03. The molecule has 4 heteroatoms. The average molecular weight is 314 g/mol. The second-order valence-electron chi connectivity index (χ2n) is 7.92. The molecule has 4 aliphatic rings. The maximum Gasteiger partial charge on any atom is 0.309 e. The Balaban J connectivity index is 1.49. The Morgan fingerprint density at radius 2 is 2.04 bits per heavy atom. The fourth-order valence-electron chi connectivity index (χ4n) is 6.15. The predicted octanol–water partition coefficient (Wildman–Crippen LogP) is 2.51. The Morgan fingerprint density at radius 3 is 2.91 bits per heavy atom. The maximum absolute atomic E-state index is 11.6. The van der Waals surface area contributed by atoms with E-state index in [0.717, 1.165) is 32.1 Å². The topological polar surface area (TPSA) is 66.8 Å². The molecule has 0 aromatic heterocycles. The van der Waals surface area contributed by atoms with Crippen molar-refractivity contribution >= 4 is 5.97 Å². The van der Waals surface area contributed by atoms with Crippen LogP contribution in [0.2, 0.25) is 0 Å². The molecule has 0 radical (unpaired) electrons. The Labute approximate surface area is 135 Å². The summed E-state index contributed by atoms with van der Waals surface area (Å²) in [6, 6.07) is 5.80. The SMILES string of the molecule is O=C1CC2(O)C(CC3C4CCc5cc(O)ccc5C4CCC32)O1. The van der Waals surface area contributed by atoms with Crippen LogP contribution in [0, 0.1) is 17.8 Å². The molecular formula is C19H22O4. The number of hydrogen-bond acceptors (Lipinski definition) is 4. The van der Waals surface area contributed by atoms with Crippen molar-refractivity contribution in [3.63, 3.8) is 0 Å². The van der Waals surface area contributed by atoms with E-state index in [1.54, 1.807) is 6.07 Å². The van der Waals surface area contributed by atoms with Crippen molar-refractivity contribution in [1.82, 2.24) is 0 Å². The highest BCUT2D eigenvalue weighted by Crippen LogP contribution is 2.60. The van der Waals surface area contributed by atoms with Crippen LogP contribution in [0.5, 0.6) is 5.75 Å². The molecule has 5 rings (SSSR count). The maximum atomic E-state index is 11.6. The van der Waals surface area contributed by atoms with Crippen LogP contribution in [-0.4, -0.2) is 27.9 Å². The first-order valence-corrected chi connectivity index (χ1v) is 8.80. The number of phenols is 1. The summed E-state index contributed by atoms with van der Waals surface area (Å²) in [7, 11) is 0. The van der Waals surface area contributed by atoms with Gasteiger partial charge in [-0.15, -0.1) is 0 Å². The van der Waals surface area contributed by atoms with Crippen LogP contribution in [-0.2, 0) is 16.0 Å². The van der Waals surface area contributed by atoms with Gasteiger partial charge in [-0.3, -0.25) is 4.79 Å². The fraction of sp³-hybridized carbons (Fsp3) is 0.632. The Morgan fingerprint density at radius 1 is 1.17 bits per heavy atom. The van der Waals surface area contributed by atoms with Gasteiger partial charge in [0.2, 0.25) is 0 Å². The standard InChI is InChI=1S/C19H22O4/c20-11-2-4-12-10(7-11)1-3-14-13(12)5-6-16-15(14)8-17-19(16,22)9-18(21)23-17/h2,4,7,13-17,20,22H,1,3,5-6,8-9H2. The van der Waals surface area contributed by atoms with Crippen LogP contribution >= 0.6 is 0 Å². The van der Waals surface area contributed by atoms with Gasteiger partial charge in [-0.25, -0.2) is 0 Å². The van der Waals surface area contributed by atoms with E-state index in [-0.39, 0.29) is 24.4 Å². The molecule has 1 aliphatic heterocycles. The van der Waals surface area contributed by atoms with Crippen molar-refractivity contribution in [3.05, 3.63) is 29.3 Å². The summed E-state index contributed by atoms with van der Waals surface area (Å²) in [5, 5.41) is 20.8. The molecule has 0 bridgehead atoms. The van der Waals surface area contributed by atoms with Gasteiger partial charge in [-0.1, -0.05) is 6.07 Å². The van der Waals surface area contributed by atoms with E-state index in [9.17, 15) is 15.0 Å². The minimum Gasteiger partial charge on any atom is -0.508 e. The summed E-state index contributed by atoms with van der Waals surface area (Å²) < 4.78 is 5.42. The summed E-state index contributed by atoms with van der Waals surface area (Å²) in [6.45, 7) is 0. The minimum absolute atomic E-state index is 0.181. The van der Waals surface area contributed by atoms with Gasteiger partial charge in [0.25, 0.3) is 0 Å². The van der Waals surface area contributed by atoms with Gasteiger partial charge in [0.15, 0.2) is 0 Å². The Bertz CT molecular complexity index is 684. The molecule has 2 saturated carbocycles. The van der Waals surface area contributed by atoms with Gasteiger partial charge in [0, 0.05) is 0 Å². The van der Waals surface area contributed by atoms with Gasteiger partial charge in [0.05, 0.1) is 6.42 Å². The zero-order chi connectivity index (χ0) is 15.8. The highest BCUT2D eigenvalue weighted by atomic mass is 16.6. The lowest BCUT2D eigenvalue weighted by atomic mass is 9.59. The molecule has 3 fully saturated rings. The number of ether oxygens (including phenoxy) is 1. The largest absolute Gasteiger partial charge is 0.508 e. The number of rotatable bonds is 0. The zero-order valence-electron chi connectivity index (χ0n) is 13.1. The van der Waals surface area contributed by atoms with Crippen LogP contribution in [0.1, 0.15) is 49.1 Å². The second kappa shape index (κ2) is 4.50. The number of benzene rings is 1. The molecule has 23 heavy (non-hydrogen) atoms. The molecule has 0 spiro atoms. The van der Waals surface area contributed by atoms with Crippen molar-refractivity contribution in [2.45, 2.75) is 56.1 Å². The smallest absolute Gasteiger partial charge is 0.309 e. The third-order valence-electron chi connectivity index (χ3n) is 7.03.